The van der Waals surface area contributed by atoms with Crippen LogP contribution in [-0.4, -0.2) is 45.7 Å². The highest BCUT2D eigenvalue weighted by atomic mass is 16.5. The van der Waals surface area contributed by atoms with Crippen molar-refractivity contribution in [2.75, 3.05) is 20.2 Å². The summed E-state index contributed by atoms with van der Waals surface area (Å²) in [6.45, 7) is 10.2. The summed E-state index contributed by atoms with van der Waals surface area (Å²) in [6, 6.07) is 0. The molecule has 0 radical (unpaired) electrons. The highest BCUT2D eigenvalue weighted by Gasteiger charge is 2.10. The van der Waals surface area contributed by atoms with Gasteiger partial charge in [0, 0.05) is 25.9 Å². The number of ether oxygens (including phenoxy) is 1. The van der Waals surface area contributed by atoms with E-state index in [1.807, 2.05) is 0 Å². The van der Waals surface area contributed by atoms with E-state index < -0.39 is 0 Å². The molecule has 0 aliphatic rings. The molecule has 0 aromatic carbocycles. The van der Waals surface area contributed by atoms with Crippen LogP contribution in [0.15, 0.2) is 0 Å². The quantitative estimate of drug-likeness (QED) is 0.116. The van der Waals surface area contributed by atoms with Crippen molar-refractivity contribution in [3.8, 4) is 0 Å². The second kappa shape index (κ2) is 21.7. The lowest BCUT2D eigenvalue weighted by Crippen LogP contribution is -2.34. The molecule has 0 aromatic rings. The van der Waals surface area contributed by atoms with E-state index in [0.717, 1.165) is 24.7 Å². The van der Waals surface area contributed by atoms with E-state index in [1.165, 1.54) is 79.2 Å². The van der Waals surface area contributed by atoms with E-state index >= 15 is 0 Å². The van der Waals surface area contributed by atoms with E-state index in [1.54, 1.807) is 0 Å². The maximum Gasteiger partial charge on any atom is 0.305 e. The lowest BCUT2D eigenvalue weighted by Gasteiger charge is -2.16. The Morgan fingerprint density at radius 3 is 1.49 bits per heavy atom. The van der Waals surface area contributed by atoms with Crippen LogP contribution >= 0.6 is 0 Å². The summed E-state index contributed by atoms with van der Waals surface area (Å²) in [5, 5.41) is 5.54. The zero-order chi connectivity index (χ0) is 26.5. The van der Waals surface area contributed by atoms with Gasteiger partial charge in [-0.2, -0.15) is 0 Å². The molecule has 0 aliphatic carbocycles. The molecule has 0 rings (SSSR count). The van der Waals surface area contributed by atoms with Crippen LogP contribution in [0.3, 0.4) is 0 Å². The zero-order valence-electron chi connectivity index (χ0n) is 23.8. The minimum absolute atomic E-state index is 0.0665. The second-order valence-corrected chi connectivity index (χ2v) is 11.1. The number of amides is 2. The zero-order valence-corrected chi connectivity index (χ0v) is 23.8. The van der Waals surface area contributed by atoms with Gasteiger partial charge in [0.15, 0.2) is 5.81 Å². The fraction of sp³-hybridized carbons (Fsp3) is 0.893. The molecule has 6 nitrogen and oxygen atoms in total. The van der Waals surface area contributed by atoms with Crippen LogP contribution in [0.25, 0.3) is 0 Å². The fourth-order valence-corrected chi connectivity index (χ4v) is 4.57. The Morgan fingerprint density at radius 1 is 0.629 bits per heavy atom. The molecule has 35 heavy (non-hydrogen) atoms. The number of carbonyl (C=O) groups excluding carboxylic acids is 3. The summed E-state index contributed by atoms with van der Waals surface area (Å²) in [7, 11) is 2.94. The first kappa shape index (κ1) is 33.5. The van der Waals surface area contributed by atoms with Crippen molar-refractivity contribution in [3.05, 3.63) is 0 Å². The number of hydrogen-bond donors (Lipinski definition) is 2. The first-order chi connectivity index (χ1) is 16.6. The van der Waals surface area contributed by atoms with E-state index in [2.05, 4.69) is 38.3 Å². The van der Waals surface area contributed by atoms with Crippen LogP contribution in [0.5, 0.6) is 0 Å². The van der Waals surface area contributed by atoms with E-state index in [4.69, 9.17) is 4.74 Å². The maximum absolute atomic E-state index is 11.9. The van der Waals surface area contributed by atoms with Gasteiger partial charge in [0.2, 0.25) is 13.8 Å². The Kier molecular flexibility index (Phi) is 20.8. The van der Waals surface area contributed by atoms with Crippen LogP contribution < -0.4 is 10.6 Å². The topological polar surface area (TPSA) is 84.5 Å². The summed E-state index contributed by atoms with van der Waals surface area (Å²) >= 11 is 0. The van der Waals surface area contributed by atoms with Crippen molar-refractivity contribution in [2.45, 2.75) is 118 Å². The molecule has 0 spiro atoms. The molecule has 0 aliphatic heterocycles. The molecule has 2 amide bonds. The Bertz CT molecular complexity index is 573. The normalized spacial score (nSPS) is 14.5. The van der Waals surface area contributed by atoms with Gasteiger partial charge in [0.1, 0.15) is 0 Å². The van der Waals surface area contributed by atoms with Gasteiger partial charge in [-0.05, 0) is 36.5 Å². The van der Waals surface area contributed by atoms with Crippen LogP contribution in [0, 0.1) is 23.7 Å². The Hall–Kier alpha value is -1.53. The lowest BCUT2D eigenvalue weighted by atomic mass is 9.90. The van der Waals surface area contributed by atoms with Crippen molar-refractivity contribution in [3.63, 3.8) is 0 Å². The average Bonchev–Trinajstić information content (AvgIpc) is 2.81. The molecular weight excluding hydrogens is 439 g/mol. The van der Waals surface area contributed by atoms with Crippen LogP contribution in [0.1, 0.15) is 118 Å². The monoisotopic (exact) mass is 494 g/mol. The maximum atomic E-state index is 11.9. The van der Waals surface area contributed by atoms with Crippen molar-refractivity contribution in [1.82, 2.24) is 10.6 Å². The molecule has 0 fully saturated rings. The molecule has 204 valence electrons. The van der Waals surface area contributed by atoms with Crippen LogP contribution in [-0.2, 0) is 14.3 Å². The molecular formula is C28H55BN2O4. The lowest BCUT2D eigenvalue weighted by molar-refractivity contribution is -0.141. The summed E-state index contributed by atoms with van der Waals surface area (Å²) in [5.41, 5.74) is 0. The standard InChI is InChI=1S/C28H55BN2O4/c1-22(12-8-14-24(3)16-18-26(32)30-20-21-31-28(29)34)10-6-7-11-23(2)13-9-15-25(4)17-19-27(33)35-5/h22-25H,6-21,29H2,1-5H3,(H,30,32)(H,31,34). The molecule has 0 saturated heterocycles. The van der Waals surface area contributed by atoms with Crippen LogP contribution in [0.2, 0.25) is 0 Å². The number of hydrogen-bond acceptors (Lipinski definition) is 4. The molecule has 0 aromatic heterocycles. The molecule has 4 atom stereocenters. The first-order valence-corrected chi connectivity index (χ1v) is 14.2. The molecule has 0 heterocycles. The summed E-state index contributed by atoms with van der Waals surface area (Å²) in [4.78, 5) is 33.9. The van der Waals surface area contributed by atoms with Crippen LogP contribution in [0.4, 0.5) is 4.79 Å². The number of carbonyl (C=O) groups is 3. The average molecular weight is 495 g/mol. The van der Waals surface area contributed by atoms with Crippen molar-refractivity contribution in [1.29, 1.82) is 0 Å². The number of rotatable bonds is 22. The van der Waals surface area contributed by atoms with E-state index in [0.29, 0.717) is 37.8 Å². The number of nitrogens with one attached hydrogen (secondary N) is 2. The third-order valence-electron chi connectivity index (χ3n) is 7.19. The predicted molar refractivity (Wildman–Crippen MR) is 148 cm³/mol. The minimum atomic E-state index is -0.0918. The molecule has 0 bridgehead atoms. The van der Waals surface area contributed by atoms with Gasteiger partial charge < -0.3 is 15.4 Å². The number of unbranched alkanes of at least 4 members (excludes halogenated alkanes) is 1. The summed E-state index contributed by atoms with van der Waals surface area (Å²) in [6.07, 6.45) is 15.8. The largest absolute Gasteiger partial charge is 0.469 e. The first-order valence-electron chi connectivity index (χ1n) is 14.2. The number of esters is 1. The molecule has 0 saturated carbocycles. The van der Waals surface area contributed by atoms with Gasteiger partial charge in [-0.1, -0.05) is 91.9 Å². The van der Waals surface area contributed by atoms with E-state index in [9.17, 15) is 14.4 Å². The molecule has 7 heteroatoms. The second-order valence-electron chi connectivity index (χ2n) is 11.1. The van der Waals surface area contributed by atoms with E-state index in [-0.39, 0.29) is 17.7 Å². The van der Waals surface area contributed by atoms with Crippen molar-refractivity contribution < 1.29 is 19.1 Å². The van der Waals surface area contributed by atoms with Crippen molar-refractivity contribution in [2.24, 2.45) is 23.7 Å². The highest BCUT2D eigenvalue weighted by molar-refractivity contribution is 6.57. The Balaban J connectivity index is 3.64. The summed E-state index contributed by atoms with van der Waals surface area (Å²) < 4.78 is 4.72. The predicted octanol–water partition coefficient (Wildman–Crippen LogP) is 5.62. The van der Waals surface area contributed by atoms with Gasteiger partial charge in [-0.15, -0.1) is 0 Å². The molecule has 2 N–H and O–H groups in total. The van der Waals surface area contributed by atoms with Gasteiger partial charge in [0.25, 0.3) is 0 Å². The third kappa shape index (κ3) is 22.7. The Labute approximate surface area is 216 Å². The molecule has 4 unspecified atom stereocenters. The third-order valence-corrected chi connectivity index (χ3v) is 7.19. The smallest absolute Gasteiger partial charge is 0.305 e. The van der Waals surface area contributed by atoms with Gasteiger partial charge in [-0.25, -0.2) is 0 Å². The fourth-order valence-electron chi connectivity index (χ4n) is 4.57. The highest BCUT2D eigenvalue weighted by Crippen LogP contribution is 2.23. The Morgan fingerprint density at radius 2 is 1.03 bits per heavy atom. The van der Waals surface area contributed by atoms with Gasteiger partial charge in [-0.3, -0.25) is 14.4 Å². The van der Waals surface area contributed by atoms with Crippen molar-refractivity contribution >= 4 is 25.5 Å². The minimum Gasteiger partial charge on any atom is -0.469 e. The SMILES string of the molecule is BC(=O)NCCNC(=O)CCC(C)CCCC(C)CCCCC(C)CCCC(C)CCC(=O)OC. The van der Waals surface area contributed by atoms with Gasteiger partial charge >= 0.3 is 5.97 Å². The van der Waals surface area contributed by atoms with Gasteiger partial charge in [0.05, 0.1) is 7.11 Å². The summed E-state index contributed by atoms with van der Waals surface area (Å²) in [5.74, 6) is 2.68. The number of methoxy groups -OCH3 is 1.